The summed E-state index contributed by atoms with van der Waals surface area (Å²) in [5.41, 5.74) is 2.20. The maximum Gasteiger partial charge on any atom is 0.0981 e. The molecule has 4 nitrogen and oxygen atoms in total. The maximum absolute atomic E-state index is 9.25. The van der Waals surface area contributed by atoms with E-state index in [4.69, 9.17) is 16.3 Å². The normalized spacial score (nSPS) is 23.1. The quantitative estimate of drug-likeness (QED) is 0.873. The summed E-state index contributed by atoms with van der Waals surface area (Å²) in [5.74, 6) is 0. The van der Waals surface area contributed by atoms with Crippen molar-refractivity contribution in [1.29, 1.82) is 0 Å². The Bertz CT molecular complexity index is 442. The number of benzene rings is 1. The number of nitrogens with zero attached hydrogens (tertiary/aromatic N) is 1. The topological polar surface area (TPSA) is 44.7 Å². The van der Waals surface area contributed by atoms with Gasteiger partial charge in [-0.2, -0.15) is 0 Å². The zero-order valence-corrected chi connectivity index (χ0v) is 12.9. The monoisotopic (exact) mass is 298 g/mol. The second-order valence-corrected chi connectivity index (χ2v) is 5.60. The Kier molecular flexibility index (Phi) is 5.66. The molecule has 0 amide bonds. The number of aliphatic hydroxyl groups excluding tert-OH is 1. The van der Waals surface area contributed by atoms with Crippen molar-refractivity contribution >= 4 is 17.3 Å². The summed E-state index contributed by atoms with van der Waals surface area (Å²) in [6, 6.07) is 6.45. The molecule has 0 spiro atoms. The molecular formula is C15H23ClN2O2. The Morgan fingerprint density at radius 3 is 2.95 bits per heavy atom. The highest BCUT2D eigenvalue weighted by molar-refractivity contribution is 6.31. The fourth-order valence-electron chi connectivity index (χ4n) is 2.41. The summed E-state index contributed by atoms with van der Waals surface area (Å²) in [6.45, 7) is 7.28. The van der Waals surface area contributed by atoms with Crippen LogP contribution in [0.15, 0.2) is 18.2 Å². The van der Waals surface area contributed by atoms with Crippen LogP contribution in [0.3, 0.4) is 0 Å². The Morgan fingerprint density at radius 2 is 2.30 bits per heavy atom. The Hall–Kier alpha value is -0.810. The van der Waals surface area contributed by atoms with Crippen LogP contribution in [0.2, 0.25) is 5.02 Å². The van der Waals surface area contributed by atoms with E-state index in [1.807, 2.05) is 6.07 Å². The zero-order valence-electron chi connectivity index (χ0n) is 12.1. The van der Waals surface area contributed by atoms with Crippen LogP contribution in [0.4, 0.5) is 5.69 Å². The van der Waals surface area contributed by atoms with E-state index in [9.17, 15) is 5.11 Å². The van der Waals surface area contributed by atoms with Gasteiger partial charge in [-0.15, -0.1) is 0 Å². The second-order valence-electron chi connectivity index (χ2n) is 5.20. The smallest absolute Gasteiger partial charge is 0.0981 e. The minimum Gasteiger partial charge on any atom is -0.394 e. The van der Waals surface area contributed by atoms with Crippen molar-refractivity contribution < 1.29 is 9.84 Å². The average Bonchev–Trinajstić information content (AvgIpc) is 2.46. The molecule has 1 saturated heterocycles. The van der Waals surface area contributed by atoms with E-state index in [1.165, 1.54) is 0 Å². The predicted molar refractivity (Wildman–Crippen MR) is 82.5 cm³/mol. The lowest BCUT2D eigenvalue weighted by Gasteiger charge is -2.39. The average molecular weight is 299 g/mol. The molecular weight excluding hydrogens is 276 g/mol. The van der Waals surface area contributed by atoms with Gasteiger partial charge in [0.2, 0.25) is 0 Å². The summed E-state index contributed by atoms with van der Waals surface area (Å²) in [6.07, 6.45) is -0.119. The van der Waals surface area contributed by atoms with Crippen LogP contribution in [0, 0.1) is 0 Å². The third kappa shape index (κ3) is 3.64. The minimum atomic E-state index is -0.119. The largest absolute Gasteiger partial charge is 0.394 e. The standard InChI is InChI=1S/C15H23ClN2O2/c1-3-17-7-12-4-5-13(6-15(12)16)18-8-14(9-19)20-10-11(18)2/h4-6,11,14,17,19H,3,7-10H2,1-2H3. The van der Waals surface area contributed by atoms with Crippen LogP contribution in [0.25, 0.3) is 0 Å². The molecule has 1 aromatic rings. The van der Waals surface area contributed by atoms with Crippen molar-refractivity contribution in [3.05, 3.63) is 28.8 Å². The Balaban J connectivity index is 2.13. The highest BCUT2D eigenvalue weighted by Gasteiger charge is 2.26. The summed E-state index contributed by atoms with van der Waals surface area (Å²) in [5, 5.41) is 13.3. The second kappa shape index (κ2) is 7.27. The summed E-state index contributed by atoms with van der Waals surface area (Å²) >= 11 is 6.36. The van der Waals surface area contributed by atoms with Crippen molar-refractivity contribution in [1.82, 2.24) is 5.32 Å². The van der Waals surface area contributed by atoms with Crippen LogP contribution < -0.4 is 10.2 Å². The maximum atomic E-state index is 9.25. The van der Waals surface area contributed by atoms with Gasteiger partial charge in [0.1, 0.15) is 0 Å². The molecule has 1 fully saturated rings. The molecule has 2 N–H and O–H groups in total. The molecule has 0 bridgehead atoms. The molecule has 1 heterocycles. The number of nitrogens with one attached hydrogen (secondary N) is 1. The molecule has 1 aliphatic rings. The molecule has 0 aromatic heterocycles. The van der Waals surface area contributed by atoms with Crippen LogP contribution in [0.1, 0.15) is 19.4 Å². The highest BCUT2D eigenvalue weighted by Crippen LogP contribution is 2.27. The number of ether oxygens (including phenoxy) is 1. The van der Waals surface area contributed by atoms with Gasteiger partial charge in [0, 0.05) is 29.8 Å². The molecule has 1 aliphatic heterocycles. The summed E-state index contributed by atoms with van der Waals surface area (Å²) < 4.78 is 5.56. The van der Waals surface area contributed by atoms with E-state index in [-0.39, 0.29) is 18.8 Å². The number of morpholine rings is 1. The van der Waals surface area contributed by atoms with Crippen LogP contribution in [-0.4, -0.2) is 43.6 Å². The van der Waals surface area contributed by atoms with Crippen LogP contribution in [0.5, 0.6) is 0 Å². The van der Waals surface area contributed by atoms with E-state index in [0.717, 1.165) is 29.4 Å². The predicted octanol–water partition coefficient (Wildman–Crippen LogP) is 2.04. The Labute approximate surface area is 125 Å². The van der Waals surface area contributed by atoms with Crippen molar-refractivity contribution in [2.24, 2.45) is 0 Å². The number of aliphatic hydroxyl groups is 1. The number of halogens is 1. The molecule has 0 saturated carbocycles. The van der Waals surface area contributed by atoms with Gasteiger partial charge < -0.3 is 20.1 Å². The molecule has 5 heteroatoms. The number of rotatable bonds is 5. The lowest BCUT2D eigenvalue weighted by atomic mass is 10.1. The van der Waals surface area contributed by atoms with Gasteiger partial charge in [-0.1, -0.05) is 24.6 Å². The van der Waals surface area contributed by atoms with Crippen molar-refractivity contribution in [3.8, 4) is 0 Å². The van der Waals surface area contributed by atoms with Gasteiger partial charge in [0.25, 0.3) is 0 Å². The highest BCUT2D eigenvalue weighted by atomic mass is 35.5. The number of hydrogen-bond donors (Lipinski definition) is 2. The van der Waals surface area contributed by atoms with Gasteiger partial charge in [0.15, 0.2) is 0 Å². The first-order chi connectivity index (χ1) is 9.65. The molecule has 2 unspecified atom stereocenters. The fourth-order valence-corrected chi connectivity index (χ4v) is 2.65. The molecule has 112 valence electrons. The minimum absolute atomic E-state index is 0.0510. The van der Waals surface area contributed by atoms with Gasteiger partial charge >= 0.3 is 0 Å². The van der Waals surface area contributed by atoms with Gasteiger partial charge in [0.05, 0.1) is 19.3 Å². The van der Waals surface area contributed by atoms with Gasteiger partial charge in [-0.3, -0.25) is 0 Å². The third-order valence-corrected chi connectivity index (χ3v) is 3.99. The van der Waals surface area contributed by atoms with Gasteiger partial charge in [-0.25, -0.2) is 0 Å². The number of hydrogen-bond acceptors (Lipinski definition) is 4. The molecule has 2 rings (SSSR count). The van der Waals surface area contributed by atoms with Crippen LogP contribution >= 0.6 is 11.6 Å². The van der Waals surface area contributed by atoms with Crippen molar-refractivity contribution in [2.45, 2.75) is 32.5 Å². The third-order valence-electron chi connectivity index (χ3n) is 3.64. The zero-order chi connectivity index (χ0) is 14.5. The molecule has 1 aromatic carbocycles. The Morgan fingerprint density at radius 1 is 1.50 bits per heavy atom. The van der Waals surface area contributed by atoms with E-state index in [1.54, 1.807) is 0 Å². The fraction of sp³-hybridized carbons (Fsp3) is 0.600. The summed E-state index contributed by atoms with van der Waals surface area (Å²) in [4.78, 5) is 2.24. The molecule has 0 radical (unpaired) electrons. The molecule has 2 atom stereocenters. The van der Waals surface area contributed by atoms with Crippen LogP contribution in [-0.2, 0) is 11.3 Å². The lowest BCUT2D eigenvalue weighted by molar-refractivity contribution is -0.0103. The lowest BCUT2D eigenvalue weighted by Crippen LogP contribution is -2.49. The molecule has 0 aliphatic carbocycles. The van der Waals surface area contributed by atoms with E-state index in [0.29, 0.717) is 13.2 Å². The van der Waals surface area contributed by atoms with Gasteiger partial charge in [-0.05, 0) is 31.2 Å². The van der Waals surface area contributed by atoms with E-state index in [2.05, 4.69) is 36.2 Å². The SMILES string of the molecule is CCNCc1ccc(N2CC(CO)OCC2C)cc1Cl. The van der Waals surface area contributed by atoms with E-state index < -0.39 is 0 Å². The van der Waals surface area contributed by atoms with Crippen molar-refractivity contribution in [3.63, 3.8) is 0 Å². The van der Waals surface area contributed by atoms with E-state index >= 15 is 0 Å². The molecule has 20 heavy (non-hydrogen) atoms. The van der Waals surface area contributed by atoms with Crippen molar-refractivity contribution in [2.75, 3.05) is 31.2 Å². The first kappa shape index (κ1) is 15.6. The number of anilines is 1. The first-order valence-corrected chi connectivity index (χ1v) is 7.51. The first-order valence-electron chi connectivity index (χ1n) is 7.14. The summed E-state index contributed by atoms with van der Waals surface area (Å²) in [7, 11) is 0.